The molecule has 1 atom stereocenters. The van der Waals surface area contributed by atoms with Crippen LogP contribution in [0, 0.1) is 0 Å². The van der Waals surface area contributed by atoms with E-state index in [0.29, 0.717) is 14.9 Å². The first-order valence-corrected chi connectivity index (χ1v) is 7.85. The second kappa shape index (κ2) is 6.27. The third-order valence-electron chi connectivity index (χ3n) is 2.55. The second-order valence-electron chi connectivity index (χ2n) is 3.97. The lowest BCUT2D eigenvalue weighted by Gasteiger charge is -2.12. The molecule has 0 aliphatic rings. The van der Waals surface area contributed by atoms with Crippen molar-refractivity contribution in [2.75, 3.05) is 0 Å². The summed E-state index contributed by atoms with van der Waals surface area (Å²) in [7, 11) is 0. The van der Waals surface area contributed by atoms with E-state index in [4.69, 9.17) is 23.2 Å². The molecule has 0 aliphatic carbocycles. The molecule has 1 N–H and O–H groups in total. The smallest absolute Gasteiger partial charge is 0.251 e. The molecule has 0 aliphatic heterocycles. The third kappa shape index (κ3) is 3.72. The van der Waals surface area contributed by atoms with Gasteiger partial charge in [-0.25, -0.2) is 0 Å². The largest absolute Gasteiger partial charge is 0.345 e. The molecule has 2 aromatic rings. The summed E-state index contributed by atoms with van der Waals surface area (Å²) in [4.78, 5) is 13.1. The number of hydrogen-bond donors (Lipinski definition) is 1. The van der Waals surface area contributed by atoms with Crippen LogP contribution in [0.15, 0.2) is 34.8 Å². The summed E-state index contributed by atoms with van der Waals surface area (Å²) < 4.78 is 1.48. The van der Waals surface area contributed by atoms with E-state index in [9.17, 15) is 4.79 Å². The molecule has 6 heteroatoms. The normalized spacial score (nSPS) is 12.2. The fraction of sp³-hybridized carbons (Fsp3) is 0.154. The van der Waals surface area contributed by atoms with E-state index in [1.54, 1.807) is 18.2 Å². The zero-order chi connectivity index (χ0) is 14.0. The van der Waals surface area contributed by atoms with E-state index >= 15 is 0 Å². The number of thiophene rings is 1. The molecule has 1 aromatic carbocycles. The van der Waals surface area contributed by atoms with Crippen molar-refractivity contribution in [3.63, 3.8) is 0 Å². The molecule has 0 saturated heterocycles. The molecule has 1 amide bonds. The van der Waals surface area contributed by atoms with E-state index in [1.165, 1.54) is 11.3 Å². The standard InChI is InChI=1S/C13H10BrCl2NOS/c1-7(11-4-5-12(16)19-11)17-13(18)8-2-3-9(14)10(15)6-8/h2-7H,1H3,(H,17,18). The van der Waals surface area contributed by atoms with Gasteiger partial charge in [-0.2, -0.15) is 0 Å². The van der Waals surface area contributed by atoms with Gasteiger partial charge in [0, 0.05) is 14.9 Å². The molecule has 2 rings (SSSR count). The number of halogens is 3. The zero-order valence-corrected chi connectivity index (χ0v) is 13.8. The van der Waals surface area contributed by atoms with Gasteiger partial charge in [-0.15, -0.1) is 11.3 Å². The number of amides is 1. The van der Waals surface area contributed by atoms with Crippen LogP contribution in [0.5, 0.6) is 0 Å². The average Bonchev–Trinajstić information content (AvgIpc) is 2.79. The maximum atomic E-state index is 12.1. The Morgan fingerprint density at radius 3 is 2.63 bits per heavy atom. The van der Waals surface area contributed by atoms with Gasteiger partial charge in [0.1, 0.15) is 0 Å². The molecule has 100 valence electrons. The predicted octanol–water partition coefficient (Wildman–Crippen LogP) is 5.31. The van der Waals surface area contributed by atoms with Crippen LogP contribution in [0.1, 0.15) is 28.2 Å². The summed E-state index contributed by atoms with van der Waals surface area (Å²) in [5.74, 6) is -0.161. The first-order valence-electron chi connectivity index (χ1n) is 5.48. The van der Waals surface area contributed by atoms with Crippen molar-refractivity contribution in [3.05, 3.63) is 54.6 Å². The van der Waals surface area contributed by atoms with Crippen LogP contribution in [0.4, 0.5) is 0 Å². The highest BCUT2D eigenvalue weighted by atomic mass is 79.9. The first kappa shape index (κ1) is 14.9. The van der Waals surface area contributed by atoms with Gasteiger partial charge < -0.3 is 5.32 Å². The number of carbonyl (C=O) groups excluding carboxylic acids is 1. The van der Waals surface area contributed by atoms with E-state index in [0.717, 1.165) is 9.35 Å². The number of nitrogens with one attached hydrogen (secondary N) is 1. The van der Waals surface area contributed by atoms with Gasteiger partial charge in [0.05, 0.1) is 15.4 Å². The Morgan fingerprint density at radius 1 is 1.32 bits per heavy atom. The van der Waals surface area contributed by atoms with Crippen LogP contribution in [0.2, 0.25) is 9.36 Å². The quantitative estimate of drug-likeness (QED) is 0.770. The second-order valence-corrected chi connectivity index (χ2v) is 6.97. The van der Waals surface area contributed by atoms with Gasteiger partial charge in [0.2, 0.25) is 0 Å². The van der Waals surface area contributed by atoms with E-state index in [1.807, 2.05) is 19.1 Å². The van der Waals surface area contributed by atoms with Crippen LogP contribution in [0.25, 0.3) is 0 Å². The van der Waals surface area contributed by atoms with Crippen molar-refractivity contribution in [3.8, 4) is 0 Å². The van der Waals surface area contributed by atoms with Crippen LogP contribution in [0.3, 0.4) is 0 Å². The van der Waals surface area contributed by atoms with Gasteiger partial charge in [0.25, 0.3) is 5.91 Å². The molecule has 0 saturated carbocycles. The van der Waals surface area contributed by atoms with Gasteiger partial charge in [0.15, 0.2) is 0 Å². The monoisotopic (exact) mass is 377 g/mol. The molecule has 19 heavy (non-hydrogen) atoms. The number of hydrogen-bond acceptors (Lipinski definition) is 2. The van der Waals surface area contributed by atoms with Gasteiger partial charge in [-0.3, -0.25) is 4.79 Å². The highest BCUT2D eigenvalue weighted by Crippen LogP contribution is 2.27. The summed E-state index contributed by atoms with van der Waals surface area (Å²) in [6.07, 6.45) is 0. The van der Waals surface area contributed by atoms with Crippen molar-refractivity contribution in [2.24, 2.45) is 0 Å². The Balaban J connectivity index is 2.10. The molecule has 0 spiro atoms. The van der Waals surface area contributed by atoms with E-state index in [-0.39, 0.29) is 11.9 Å². The molecule has 2 nitrogen and oxygen atoms in total. The van der Waals surface area contributed by atoms with Crippen LogP contribution in [-0.2, 0) is 0 Å². The van der Waals surface area contributed by atoms with Crippen molar-refractivity contribution in [1.29, 1.82) is 0 Å². The van der Waals surface area contributed by atoms with Crippen LogP contribution < -0.4 is 5.32 Å². The lowest BCUT2D eigenvalue weighted by molar-refractivity contribution is 0.0940. The molecular weight excluding hydrogens is 369 g/mol. The SMILES string of the molecule is CC(NC(=O)c1ccc(Br)c(Cl)c1)c1ccc(Cl)s1. The summed E-state index contributed by atoms with van der Waals surface area (Å²) in [6.45, 7) is 1.92. The highest BCUT2D eigenvalue weighted by Gasteiger charge is 2.14. The summed E-state index contributed by atoms with van der Waals surface area (Å²) in [5.41, 5.74) is 0.530. The fourth-order valence-corrected chi connectivity index (χ4v) is 3.04. The Hall–Kier alpha value is -0.550. The Kier molecular flexibility index (Phi) is 4.90. The lowest BCUT2D eigenvalue weighted by Crippen LogP contribution is -2.26. The molecule has 0 fully saturated rings. The first-order chi connectivity index (χ1) is 8.97. The fourth-order valence-electron chi connectivity index (χ4n) is 1.55. The minimum atomic E-state index is -0.161. The van der Waals surface area contributed by atoms with Crippen molar-refractivity contribution < 1.29 is 4.79 Å². The van der Waals surface area contributed by atoms with Crippen molar-refractivity contribution in [1.82, 2.24) is 5.32 Å². The van der Waals surface area contributed by atoms with E-state index in [2.05, 4.69) is 21.2 Å². The molecule has 1 unspecified atom stereocenters. The average molecular weight is 379 g/mol. The summed E-state index contributed by atoms with van der Waals surface area (Å²) >= 11 is 16.6. The zero-order valence-electron chi connectivity index (χ0n) is 9.91. The number of benzene rings is 1. The summed E-state index contributed by atoms with van der Waals surface area (Å²) in [6, 6.07) is 8.75. The van der Waals surface area contributed by atoms with Gasteiger partial charge >= 0.3 is 0 Å². The van der Waals surface area contributed by atoms with Crippen LogP contribution >= 0.6 is 50.5 Å². The molecule has 0 radical (unpaired) electrons. The lowest BCUT2D eigenvalue weighted by atomic mass is 10.2. The summed E-state index contributed by atoms with van der Waals surface area (Å²) in [5, 5.41) is 3.42. The van der Waals surface area contributed by atoms with Gasteiger partial charge in [-0.05, 0) is 53.2 Å². The topological polar surface area (TPSA) is 29.1 Å². The maximum Gasteiger partial charge on any atom is 0.251 e. The molecule has 0 bridgehead atoms. The van der Waals surface area contributed by atoms with Gasteiger partial charge in [-0.1, -0.05) is 23.2 Å². The van der Waals surface area contributed by atoms with Crippen molar-refractivity contribution >= 4 is 56.4 Å². The van der Waals surface area contributed by atoms with Crippen molar-refractivity contribution in [2.45, 2.75) is 13.0 Å². The number of carbonyl (C=O) groups is 1. The highest BCUT2D eigenvalue weighted by molar-refractivity contribution is 9.10. The van der Waals surface area contributed by atoms with E-state index < -0.39 is 0 Å². The molecule has 1 aromatic heterocycles. The Labute approximate surface area is 133 Å². The minimum absolute atomic E-state index is 0.0903. The Bertz CT molecular complexity index is 614. The minimum Gasteiger partial charge on any atom is -0.345 e. The third-order valence-corrected chi connectivity index (χ3v) is 5.20. The Morgan fingerprint density at radius 2 is 2.05 bits per heavy atom. The van der Waals surface area contributed by atoms with Crippen LogP contribution in [-0.4, -0.2) is 5.91 Å². The molecular formula is C13H10BrCl2NOS. The molecule has 1 heterocycles. The number of rotatable bonds is 3. The predicted molar refractivity (Wildman–Crippen MR) is 84.4 cm³/mol. The maximum absolute atomic E-state index is 12.1.